The third-order valence-corrected chi connectivity index (χ3v) is 4.45. The highest BCUT2D eigenvalue weighted by molar-refractivity contribution is 6.50. The van der Waals surface area contributed by atoms with Crippen LogP contribution in [0.1, 0.15) is 27.7 Å². The van der Waals surface area contributed by atoms with Crippen LogP contribution in [0.5, 0.6) is 0 Å². The second-order valence-corrected chi connectivity index (χ2v) is 5.30. The van der Waals surface area contributed by atoms with Crippen LogP contribution >= 0.6 is 0 Å². The van der Waals surface area contributed by atoms with Crippen molar-refractivity contribution in [2.24, 2.45) is 0 Å². The van der Waals surface area contributed by atoms with Crippen molar-refractivity contribution in [2.45, 2.75) is 27.7 Å². The molecule has 0 aromatic carbocycles. The van der Waals surface area contributed by atoms with Gasteiger partial charge >= 0.3 is 0 Å². The highest BCUT2D eigenvalue weighted by Crippen LogP contribution is 1.82. The topological polar surface area (TPSA) is 39.3 Å². The molecule has 0 aromatic rings. The first kappa shape index (κ1) is 14.1. The Morgan fingerprint density at radius 1 is 0.857 bits per heavy atom. The SMILES string of the molecule is CCN[SiH](NCC)NCN(CC)CC. The van der Waals surface area contributed by atoms with E-state index in [2.05, 4.69) is 47.5 Å². The van der Waals surface area contributed by atoms with Crippen LogP contribution in [0.15, 0.2) is 0 Å². The third-order valence-electron chi connectivity index (χ3n) is 2.23. The van der Waals surface area contributed by atoms with E-state index in [4.69, 9.17) is 0 Å². The summed E-state index contributed by atoms with van der Waals surface area (Å²) < 4.78 is 0. The second-order valence-electron chi connectivity index (χ2n) is 3.21. The van der Waals surface area contributed by atoms with E-state index in [1.54, 1.807) is 0 Å². The fourth-order valence-electron chi connectivity index (χ4n) is 1.29. The summed E-state index contributed by atoms with van der Waals surface area (Å²) in [6.07, 6.45) is 0. The van der Waals surface area contributed by atoms with Crippen molar-refractivity contribution in [1.82, 2.24) is 19.8 Å². The highest BCUT2D eigenvalue weighted by atomic mass is 28.3. The first-order chi connectivity index (χ1) is 6.78. The summed E-state index contributed by atoms with van der Waals surface area (Å²) in [7, 11) is -1.11. The van der Waals surface area contributed by atoms with Gasteiger partial charge in [0.2, 0.25) is 0 Å². The average Bonchev–Trinajstić information content (AvgIpc) is 2.20. The maximum atomic E-state index is 3.57. The van der Waals surface area contributed by atoms with E-state index in [-0.39, 0.29) is 0 Å². The van der Waals surface area contributed by atoms with Crippen molar-refractivity contribution in [3.05, 3.63) is 0 Å². The van der Waals surface area contributed by atoms with E-state index in [1.165, 1.54) is 0 Å². The van der Waals surface area contributed by atoms with Crippen molar-refractivity contribution < 1.29 is 0 Å². The molecular weight excluding hydrogens is 192 g/mol. The molecule has 0 saturated heterocycles. The van der Waals surface area contributed by atoms with Crippen LogP contribution in [0.4, 0.5) is 0 Å². The van der Waals surface area contributed by atoms with Crippen LogP contribution in [-0.4, -0.2) is 47.0 Å². The Morgan fingerprint density at radius 3 is 1.71 bits per heavy atom. The maximum absolute atomic E-state index is 3.57. The van der Waals surface area contributed by atoms with Crippen molar-refractivity contribution >= 4 is 9.28 Å². The summed E-state index contributed by atoms with van der Waals surface area (Å²) in [5, 5.41) is 0. The van der Waals surface area contributed by atoms with E-state index >= 15 is 0 Å². The molecule has 0 aromatic heterocycles. The third kappa shape index (κ3) is 6.50. The van der Waals surface area contributed by atoms with Crippen LogP contribution < -0.4 is 14.9 Å². The van der Waals surface area contributed by atoms with Gasteiger partial charge < -0.3 is 14.9 Å². The molecule has 0 fully saturated rings. The number of hydrogen-bond donors (Lipinski definition) is 3. The average molecular weight is 218 g/mol. The van der Waals surface area contributed by atoms with Gasteiger partial charge in [-0.3, -0.25) is 4.90 Å². The molecule has 0 aliphatic rings. The van der Waals surface area contributed by atoms with Crippen molar-refractivity contribution in [2.75, 3.05) is 32.8 Å². The molecule has 0 heterocycles. The zero-order valence-electron chi connectivity index (χ0n) is 10.1. The van der Waals surface area contributed by atoms with Crippen LogP contribution in [0.2, 0.25) is 0 Å². The summed E-state index contributed by atoms with van der Waals surface area (Å²) in [6, 6.07) is 0. The van der Waals surface area contributed by atoms with Crippen molar-refractivity contribution in [3.63, 3.8) is 0 Å². The monoisotopic (exact) mass is 218 g/mol. The molecule has 0 atom stereocenters. The van der Waals surface area contributed by atoms with Crippen LogP contribution in [-0.2, 0) is 0 Å². The Morgan fingerprint density at radius 2 is 1.36 bits per heavy atom. The van der Waals surface area contributed by atoms with Crippen LogP contribution in [0.3, 0.4) is 0 Å². The fraction of sp³-hybridized carbons (Fsp3) is 1.00. The van der Waals surface area contributed by atoms with E-state index in [0.29, 0.717) is 0 Å². The highest BCUT2D eigenvalue weighted by Gasteiger charge is 2.08. The molecule has 0 saturated carbocycles. The Bertz CT molecular complexity index is 113. The first-order valence-electron chi connectivity index (χ1n) is 5.70. The molecule has 4 nitrogen and oxygen atoms in total. The van der Waals surface area contributed by atoms with E-state index in [1.807, 2.05) is 0 Å². The summed E-state index contributed by atoms with van der Waals surface area (Å²) >= 11 is 0. The summed E-state index contributed by atoms with van der Waals surface area (Å²) in [5.41, 5.74) is 0. The first-order valence-corrected chi connectivity index (χ1v) is 7.44. The largest absolute Gasteiger partial charge is 0.316 e. The lowest BCUT2D eigenvalue weighted by atomic mass is 10.6. The lowest BCUT2D eigenvalue weighted by Gasteiger charge is -2.23. The summed E-state index contributed by atoms with van der Waals surface area (Å²) in [5.74, 6) is 0. The predicted molar refractivity (Wildman–Crippen MR) is 65.4 cm³/mol. The van der Waals surface area contributed by atoms with Gasteiger partial charge in [-0.05, 0) is 26.2 Å². The minimum atomic E-state index is -1.11. The minimum absolute atomic E-state index is 0.990. The number of nitrogens with one attached hydrogen (secondary N) is 3. The van der Waals surface area contributed by atoms with Gasteiger partial charge in [0.1, 0.15) is 0 Å². The van der Waals surface area contributed by atoms with Gasteiger partial charge in [0, 0.05) is 6.67 Å². The molecule has 0 unspecified atom stereocenters. The Hall–Kier alpha value is 0.0569. The van der Waals surface area contributed by atoms with Gasteiger partial charge in [0.15, 0.2) is 0 Å². The molecule has 3 N–H and O–H groups in total. The van der Waals surface area contributed by atoms with Gasteiger partial charge in [-0.25, -0.2) is 0 Å². The van der Waals surface area contributed by atoms with Gasteiger partial charge in [0.05, 0.1) is 0 Å². The molecule has 0 radical (unpaired) electrons. The van der Waals surface area contributed by atoms with Gasteiger partial charge in [0.25, 0.3) is 9.28 Å². The van der Waals surface area contributed by atoms with Crippen LogP contribution in [0, 0.1) is 0 Å². The van der Waals surface area contributed by atoms with Gasteiger partial charge in [-0.1, -0.05) is 27.7 Å². The molecule has 0 aliphatic carbocycles. The molecule has 0 spiro atoms. The zero-order chi connectivity index (χ0) is 10.8. The molecule has 0 aliphatic heterocycles. The minimum Gasteiger partial charge on any atom is -0.316 e. The normalized spacial score (nSPS) is 11.6. The fourth-order valence-corrected chi connectivity index (χ4v) is 2.98. The lowest BCUT2D eigenvalue weighted by molar-refractivity contribution is 0.298. The molecule has 0 bridgehead atoms. The number of rotatable bonds is 9. The smallest absolute Gasteiger partial charge is 0.265 e. The van der Waals surface area contributed by atoms with E-state index in [0.717, 1.165) is 32.8 Å². The molecular formula is C9H26N4Si. The maximum Gasteiger partial charge on any atom is 0.265 e. The summed E-state index contributed by atoms with van der Waals surface area (Å²) in [4.78, 5) is 12.9. The molecule has 86 valence electrons. The van der Waals surface area contributed by atoms with Crippen LogP contribution in [0.25, 0.3) is 0 Å². The van der Waals surface area contributed by atoms with Crippen molar-refractivity contribution in [1.29, 1.82) is 0 Å². The Balaban J connectivity index is 3.67. The number of nitrogens with zero attached hydrogens (tertiary/aromatic N) is 1. The Labute approximate surface area is 90.3 Å². The molecule has 14 heavy (non-hydrogen) atoms. The lowest BCUT2D eigenvalue weighted by Crippen LogP contribution is -2.60. The second kappa shape index (κ2) is 9.61. The van der Waals surface area contributed by atoms with Gasteiger partial charge in [-0.2, -0.15) is 0 Å². The summed E-state index contributed by atoms with van der Waals surface area (Å²) in [6.45, 7) is 14.0. The van der Waals surface area contributed by atoms with Gasteiger partial charge in [-0.15, -0.1) is 0 Å². The molecule has 0 rings (SSSR count). The standard InChI is InChI=1S/C9H26N4Si/c1-5-10-14(11-6-2)12-9-13(7-3)8-4/h10-12,14H,5-9H2,1-4H3. The Kier molecular flexibility index (Phi) is 9.64. The molecule has 0 amide bonds. The quantitative estimate of drug-likeness (QED) is 0.371. The van der Waals surface area contributed by atoms with Crippen molar-refractivity contribution in [3.8, 4) is 0 Å². The zero-order valence-corrected chi connectivity index (χ0v) is 11.2. The molecule has 5 heteroatoms. The predicted octanol–water partition coefficient (Wildman–Crippen LogP) is -0.188. The van der Waals surface area contributed by atoms with E-state index < -0.39 is 9.28 Å². The number of hydrogen-bond acceptors (Lipinski definition) is 4. The van der Waals surface area contributed by atoms with E-state index in [9.17, 15) is 0 Å².